The first-order chi connectivity index (χ1) is 5.54. The Hall–Kier alpha value is -1.32. The molecule has 0 unspecified atom stereocenters. The van der Waals surface area contributed by atoms with E-state index in [-0.39, 0.29) is 17.2 Å². The summed E-state index contributed by atoms with van der Waals surface area (Å²) in [6.45, 7) is 3.72. The van der Waals surface area contributed by atoms with Gasteiger partial charge in [0.1, 0.15) is 5.75 Å². The normalized spacial score (nSPS) is 10.7. The van der Waals surface area contributed by atoms with Crippen LogP contribution in [0.15, 0.2) is 11.0 Å². The Balaban J connectivity index is 3.44. The Morgan fingerprint density at radius 2 is 2.17 bits per heavy atom. The summed E-state index contributed by atoms with van der Waals surface area (Å²) in [6.07, 6.45) is 1.29. The average molecular weight is 168 g/mol. The van der Waals surface area contributed by atoms with Crippen LogP contribution in [0.3, 0.4) is 0 Å². The van der Waals surface area contributed by atoms with Crippen LogP contribution in [0.4, 0.5) is 0 Å². The van der Waals surface area contributed by atoms with E-state index >= 15 is 0 Å². The van der Waals surface area contributed by atoms with Crippen LogP contribution in [0.2, 0.25) is 0 Å². The fourth-order valence-corrected chi connectivity index (χ4v) is 1.09. The molecule has 1 heterocycles. The summed E-state index contributed by atoms with van der Waals surface area (Å²) >= 11 is 0. The van der Waals surface area contributed by atoms with Crippen molar-refractivity contribution in [2.45, 2.75) is 19.8 Å². The highest BCUT2D eigenvalue weighted by Gasteiger charge is 2.11. The maximum Gasteiger partial charge on any atom is 0.273 e. The Bertz CT molecular complexity index is 341. The monoisotopic (exact) mass is 168 g/mol. The van der Waals surface area contributed by atoms with Gasteiger partial charge in [-0.2, -0.15) is 5.10 Å². The van der Waals surface area contributed by atoms with Crippen LogP contribution in [0.5, 0.6) is 5.75 Å². The van der Waals surface area contributed by atoms with Crippen molar-refractivity contribution in [1.29, 1.82) is 0 Å². The van der Waals surface area contributed by atoms with E-state index in [1.54, 1.807) is 7.05 Å². The Kier molecular flexibility index (Phi) is 2.17. The number of hydrogen-bond donors (Lipinski definition) is 1. The first-order valence-electron chi connectivity index (χ1n) is 3.79. The molecular formula is C8H12N2O2. The van der Waals surface area contributed by atoms with E-state index in [0.29, 0.717) is 5.56 Å². The molecule has 4 nitrogen and oxygen atoms in total. The zero-order valence-electron chi connectivity index (χ0n) is 7.40. The van der Waals surface area contributed by atoms with Gasteiger partial charge in [-0.05, 0) is 5.92 Å². The van der Waals surface area contributed by atoms with Gasteiger partial charge in [0.2, 0.25) is 0 Å². The summed E-state index contributed by atoms with van der Waals surface area (Å²) in [5, 5.41) is 13.0. The molecule has 0 amide bonds. The van der Waals surface area contributed by atoms with Crippen LogP contribution in [0.1, 0.15) is 25.3 Å². The van der Waals surface area contributed by atoms with Crippen molar-refractivity contribution in [1.82, 2.24) is 9.78 Å². The zero-order chi connectivity index (χ0) is 9.30. The molecule has 1 aromatic heterocycles. The van der Waals surface area contributed by atoms with E-state index in [9.17, 15) is 9.90 Å². The van der Waals surface area contributed by atoms with Gasteiger partial charge in [0, 0.05) is 7.05 Å². The third-order valence-corrected chi connectivity index (χ3v) is 1.73. The minimum absolute atomic E-state index is 0.0201. The second-order valence-electron chi connectivity index (χ2n) is 3.03. The topological polar surface area (TPSA) is 55.1 Å². The number of nitrogens with zero attached hydrogens (tertiary/aromatic N) is 2. The minimum atomic E-state index is -0.231. The fraction of sp³-hybridized carbons (Fsp3) is 0.500. The van der Waals surface area contributed by atoms with E-state index in [2.05, 4.69) is 5.10 Å². The third-order valence-electron chi connectivity index (χ3n) is 1.73. The Labute approximate surface area is 70.5 Å². The van der Waals surface area contributed by atoms with E-state index in [1.165, 1.54) is 10.9 Å². The molecule has 0 saturated heterocycles. The molecule has 0 atom stereocenters. The molecule has 0 aromatic carbocycles. The molecule has 0 radical (unpaired) electrons. The van der Waals surface area contributed by atoms with E-state index in [0.717, 1.165) is 0 Å². The highest BCUT2D eigenvalue weighted by Crippen LogP contribution is 2.18. The molecule has 0 spiro atoms. The first-order valence-corrected chi connectivity index (χ1v) is 3.79. The lowest BCUT2D eigenvalue weighted by atomic mass is 10.1. The zero-order valence-corrected chi connectivity index (χ0v) is 7.40. The number of rotatable bonds is 1. The molecule has 0 aliphatic rings. The summed E-state index contributed by atoms with van der Waals surface area (Å²) < 4.78 is 1.22. The van der Waals surface area contributed by atoms with Gasteiger partial charge in [0.05, 0.1) is 11.8 Å². The lowest BCUT2D eigenvalue weighted by Gasteiger charge is -2.07. The van der Waals surface area contributed by atoms with E-state index < -0.39 is 0 Å². The SMILES string of the molecule is CC(C)c1c(O)cnn(C)c1=O. The molecule has 1 N–H and O–H groups in total. The standard InChI is InChI=1S/C8H12N2O2/c1-5(2)7-6(11)4-9-10(3)8(7)12/h4-5,11H,1-3H3. The van der Waals surface area contributed by atoms with Gasteiger partial charge in [0.25, 0.3) is 5.56 Å². The van der Waals surface area contributed by atoms with Crippen LogP contribution < -0.4 is 5.56 Å². The first kappa shape index (κ1) is 8.77. The molecule has 12 heavy (non-hydrogen) atoms. The number of aromatic hydroxyl groups is 1. The highest BCUT2D eigenvalue weighted by atomic mass is 16.3. The average Bonchev–Trinajstić information content (AvgIpc) is 1.97. The van der Waals surface area contributed by atoms with Crippen molar-refractivity contribution in [2.75, 3.05) is 0 Å². The molecule has 66 valence electrons. The van der Waals surface area contributed by atoms with E-state index in [1.807, 2.05) is 13.8 Å². The van der Waals surface area contributed by atoms with Gasteiger partial charge >= 0.3 is 0 Å². The van der Waals surface area contributed by atoms with Crippen LogP contribution in [0.25, 0.3) is 0 Å². The lowest BCUT2D eigenvalue weighted by Crippen LogP contribution is -2.23. The van der Waals surface area contributed by atoms with Crippen molar-refractivity contribution in [3.63, 3.8) is 0 Å². The molecule has 1 aromatic rings. The highest BCUT2D eigenvalue weighted by molar-refractivity contribution is 5.28. The van der Waals surface area contributed by atoms with Gasteiger partial charge < -0.3 is 5.11 Å². The van der Waals surface area contributed by atoms with Gasteiger partial charge in [-0.25, -0.2) is 4.68 Å². The van der Waals surface area contributed by atoms with Crippen molar-refractivity contribution in [3.05, 3.63) is 22.1 Å². The Morgan fingerprint density at radius 3 is 2.58 bits per heavy atom. The number of aryl methyl sites for hydroxylation is 1. The lowest BCUT2D eigenvalue weighted by molar-refractivity contribution is 0.451. The van der Waals surface area contributed by atoms with Crippen LogP contribution in [-0.4, -0.2) is 14.9 Å². The summed E-state index contributed by atoms with van der Waals surface area (Å²) in [7, 11) is 1.56. The fourth-order valence-electron chi connectivity index (χ4n) is 1.09. The molecule has 0 fully saturated rings. The quantitative estimate of drug-likeness (QED) is 0.668. The summed E-state index contributed by atoms with van der Waals surface area (Å²) in [6, 6.07) is 0. The van der Waals surface area contributed by atoms with Gasteiger partial charge in [-0.3, -0.25) is 4.79 Å². The molecule has 0 saturated carbocycles. The summed E-state index contributed by atoms with van der Waals surface area (Å²) in [5.74, 6) is -0.000185. The van der Waals surface area contributed by atoms with Crippen molar-refractivity contribution in [3.8, 4) is 5.75 Å². The molecule has 0 aliphatic carbocycles. The van der Waals surface area contributed by atoms with Gasteiger partial charge in [0.15, 0.2) is 0 Å². The predicted molar refractivity (Wildman–Crippen MR) is 45.2 cm³/mol. The van der Waals surface area contributed by atoms with Gasteiger partial charge in [-0.15, -0.1) is 0 Å². The van der Waals surface area contributed by atoms with Crippen LogP contribution in [0, 0.1) is 0 Å². The van der Waals surface area contributed by atoms with Crippen LogP contribution >= 0.6 is 0 Å². The van der Waals surface area contributed by atoms with Crippen LogP contribution in [-0.2, 0) is 7.05 Å². The molecular weight excluding hydrogens is 156 g/mol. The molecule has 4 heteroatoms. The molecule has 1 rings (SSSR count). The summed E-state index contributed by atoms with van der Waals surface area (Å²) in [5.41, 5.74) is 0.192. The second kappa shape index (κ2) is 2.97. The van der Waals surface area contributed by atoms with Gasteiger partial charge in [-0.1, -0.05) is 13.8 Å². The summed E-state index contributed by atoms with van der Waals surface area (Å²) in [4.78, 5) is 11.4. The van der Waals surface area contributed by atoms with Crippen molar-refractivity contribution < 1.29 is 5.11 Å². The Morgan fingerprint density at radius 1 is 1.58 bits per heavy atom. The third kappa shape index (κ3) is 1.32. The number of hydrogen-bond acceptors (Lipinski definition) is 3. The molecule has 0 bridgehead atoms. The maximum atomic E-state index is 11.4. The van der Waals surface area contributed by atoms with Crippen molar-refractivity contribution in [2.24, 2.45) is 7.05 Å². The molecule has 0 aliphatic heterocycles. The van der Waals surface area contributed by atoms with E-state index in [4.69, 9.17) is 0 Å². The number of aromatic nitrogens is 2. The predicted octanol–water partition coefficient (Wildman–Crippen LogP) is 0.609. The van der Waals surface area contributed by atoms with Crippen molar-refractivity contribution >= 4 is 0 Å². The largest absolute Gasteiger partial charge is 0.506 e. The smallest absolute Gasteiger partial charge is 0.273 e. The maximum absolute atomic E-state index is 11.4. The minimum Gasteiger partial charge on any atom is -0.506 e. The second-order valence-corrected chi connectivity index (χ2v) is 3.03.